The topological polar surface area (TPSA) is 73.6 Å². The van der Waals surface area contributed by atoms with Gasteiger partial charge in [-0.15, -0.1) is 0 Å². The molecule has 0 saturated carbocycles. The van der Waals surface area contributed by atoms with E-state index in [9.17, 15) is 9.90 Å². The highest BCUT2D eigenvalue weighted by Crippen LogP contribution is 2.31. The maximum Gasteiger partial charge on any atom is 0.336 e. The molecule has 0 atom stereocenters. The van der Waals surface area contributed by atoms with Crippen LogP contribution in [-0.4, -0.2) is 27.7 Å². The molecule has 0 bridgehead atoms. The van der Waals surface area contributed by atoms with Gasteiger partial charge in [0.25, 0.3) is 0 Å². The second kappa shape index (κ2) is 10.2. The van der Waals surface area contributed by atoms with E-state index < -0.39 is 5.97 Å². The Labute approximate surface area is 215 Å². The maximum atomic E-state index is 11.6. The SMILES string of the molecule is COc1cc(-c2ccccc2)ccc1Cn1c(C)nc2c(C)cc(OCc3ccccc3C(=O)O)cc21. The molecule has 1 N–H and O–H groups in total. The number of aromatic carboxylic acids is 1. The molecular formula is C31H28N2O4. The van der Waals surface area contributed by atoms with E-state index in [0.717, 1.165) is 44.9 Å². The number of imidazole rings is 1. The van der Waals surface area contributed by atoms with Gasteiger partial charge < -0.3 is 19.1 Å². The van der Waals surface area contributed by atoms with Crippen LogP contribution in [0.1, 0.15) is 32.9 Å². The summed E-state index contributed by atoms with van der Waals surface area (Å²) in [6.45, 7) is 4.75. The number of aromatic nitrogens is 2. The average molecular weight is 493 g/mol. The summed E-state index contributed by atoms with van der Waals surface area (Å²) >= 11 is 0. The third-order valence-electron chi connectivity index (χ3n) is 6.57. The van der Waals surface area contributed by atoms with Gasteiger partial charge >= 0.3 is 5.97 Å². The Balaban J connectivity index is 1.47. The van der Waals surface area contributed by atoms with Crippen molar-refractivity contribution in [3.8, 4) is 22.6 Å². The molecule has 1 aromatic heterocycles. The summed E-state index contributed by atoms with van der Waals surface area (Å²) in [5, 5.41) is 9.47. The first-order valence-corrected chi connectivity index (χ1v) is 12.1. The number of hydrogen-bond donors (Lipinski definition) is 1. The highest BCUT2D eigenvalue weighted by molar-refractivity contribution is 5.89. The van der Waals surface area contributed by atoms with E-state index in [1.165, 1.54) is 0 Å². The third-order valence-corrected chi connectivity index (χ3v) is 6.57. The summed E-state index contributed by atoms with van der Waals surface area (Å²) in [5.41, 5.74) is 7.01. The highest BCUT2D eigenvalue weighted by Gasteiger charge is 2.16. The number of aryl methyl sites for hydroxylation is 2. The Morgan fingerprint density at radius 2 is 1.65 bits per heavy atom. The molecule has 0 aliphatic heterocycles. The Hall–Kier alpha value is -4.58. The van der Waals surface area contributed by atoms with Crippen molar-refractivity contribution >= 4 is 17.0 Å². The van der Waals surface area contributed by atoms with Gasteiger partial charge in [-0.2, -0.15) is 0 Å². The van der Waals surface area contributed by atoms with Crippen LogP contribution in [0.25, 0.3) is 22.2 Å². The minimum absolute atomic E-state index is 0.162. The lowest BCUT2D eigenvalue weighted by molar-refractivity contribution is 0.0694. The number of ether oxygens (including phenoxy) is 2. The van der Waals surface area contributed by atoms with Crippen LogP contribution in [0.5, 0.6) is 11.5 Å². The molecule has 5 rings (SSSR count). The van der Waals surface area contributed by atoms with Gasteiger partial charge in [-0.05, 0) is 48.7 Å². The summed E-state index contributed by atoms with van der Waals surface area (Å²) in [7, 11) is 1.69. The minimum atomic E-state index is -0.966. The molecule has 37 heavy (non-hydrogen) atoms. The molecule has 186 valence electrons. The first-order valence-electron chi connectivity index (χ1n) is 12.1. The van der Waals surface area contributed by atoms with Gasteiger partial charge in [-0.1, -0.05) is 60.7 Å². The number of carboxylic acids is 1. The van der Waals surface area contributed by atoms with Crippen molar-refractivity contribution in [2.75, 3.05) is 7.11 Å². The second-order valence-corrected chi connectivity index (χ2v) is 9.00. The Bertz CT molecular complexity index is 1590. The van der Waals surface area contributed by atoms with Crippen LogP contribution < -0.4 is 9.47 Å². The van der Waals surface area contributed by atoms with Gasteiger partial charge in [0.2, 0.25) is 0 Å². The predicted octanol–water partition coefficient (Wildman–Crippen LogP) is 6.65. The van der Waals surface area contributed by atoms with Crippen LogP contribution in [0.15, 0.2) is 84.9 Å². The number of carbonyl (C=O) groups is 1. The van der Waals surface area contributed by atoms with Crippen LogP contribution in [0.2, 0.25) is 0 Å². The van der Waals surface area contributed by atoms with E-state index in [4.69, 9.17) is 14.5 Å². The third kappa shape index (κ3) is 4.91. The molecule has 0 radical (unpaired) electrons. The Morgan fingerprint density at radius 3 is 2.41 bits per heavy atom. The monoisotopic (exact) mass is 492 g/mol. The van der Waals surface area contributed by atoms with Crippen molar-refractivity contribution in [2.24, 2.45) is 0 Å². The van der Waals surface area contributed by atoms with E-state index in [0.29, 0.717) is 17.9 Å². The molecule has 0 aliphatic carbocycles. The quantitative estimate of drug-likeness (QED) is 0.262. The molecule has 6 nitrogen and oxygen atoms in total. The molecule has 1 heterocycles. The van der Waals surface area contributed by atoms with Gasteiger partial charge in [0, 0.05) is 17.2 Å². The number of nitrogens with zero attached hydrogens (tertiary/aromatic N) is 2. The van der Waals surface area contributed by atoms with Crippen molar-refractivity contribution in [1.82, 2.24) is 9.55 Å². The zero-order chi connectivity index (χ0) is 25.9. The minimum Gasteiger partial charge on any atom is -0.496 e. The molecular weight excluding hydrogens is 464 g/mol. The standard InChI is InChI=1S/C31H28N2O4/c1-20-15-26(37-19-25-11-7-8-12-27(25)31(34)35)17-28-30(20)32-21(2)33(28)18-24-14-13-23(16-29(24)36-3)22-9-5-4-6-10-22/h4-17H,18-19H2,1-3H3,(H,34,35). The molecule has 0 aliphatic rings. The van der Waals surface area contributed by atoms with Crippen molar-refractivity contribution in [2.45, 2.75) is 27.0 Å². The fourth-order valence-electron chi connectivity index (χ4n) is 4.63. The first-order chi connectivity index (χ1) is 17.9. The summed E-state index contributed by atoms with van der Waals surface area (Å²) in [5.74, 6) is 1.40. The maximum absolute atomic E-state index is 11.6. The highest BCUT2D eigenvalue weighted by atomic mass is 16.5. The lowest BCUT2D eigenvalue weighted by Gasteiger charge is -2.14. The zero-order valence-corrected chi connectivity index (χ0v) is 21.1. The lowest BCUT2D eigenvalue weighted by atomic mass is 10.0. The van der Waals surface area contributed by atoms with Gasteiger partial charge in [-0.3, -0.25) is 0 Å². The fraction of sp³-hybridized carbons (Fsp3) is 0.161. The smallest absolute Gasteiger partial charge is 0.336 e. The van der Waals surface area contributed by atoms with E-state index >= 15 is 0 Å². The average Bonchev–Trinajstić information content (AvgIpc) is 3.23. The largest absolute Gasteiger partial charge is 0.496 e. The fourth-order valence-corrected chi connectivity index (χ4v) is 4.63. The number of methoxy groups -OCH3 is 1. The van der Waals surface area contributed by atoms with Gasteiger partial charge in [-0.25, -0.2) is 9.78 Å². The Morgan fingerprint density at radius 1 is 0.892 bits per heavy atom. The van der Waals surface area contributed by atoms with Crippen LogP contribution >= 0.6 is 0 Å². The normalized spacial score (nSPS) is 11.0. The van der Waals surface area contributed by atoms with Crippen molar-refractivity contribution < 1.29 is 19.4 Å². The van der Waals surface area contributed by atoms with E-state index in [1.807, 2.05) is 50.2 Å². The van der Waals surface area contributed by atoms with Crippen molar-refractivity contribution in [3.63, 3.8) is 0 Å². The Kier molecular flexibility index (Phi) is 6.64. The molecule has 0 fully saturated rings. The number of carboxylic acid groups (broad SMARTS) is 1. The molecule has 0 amide bonds. The van der Waals surface area contributed by atoms with Gasteiger partial charge in [0.15, 0.2) is 0 Å². The molecule has 0 saturated heterocycles. The summed E-state index contributed by atoms with van der Waals surface area (Å²) in [6.07, 6.45) is 0. The van der Waals surface area contributed by atoms with E-state index in [1.54, 1.807) is 25.3 Å². The lowest BCUT2D eigenvalue weighted by Crippen LogP contribution is -2.06. The van der Waals surface area contributed by atoms with E-state index in [2.05, 4.69) is 34.9 Å². The predicted molar refractivity (Wildman–Crippen MR) is 144 cm³/mol. The first kappa shape index (κ1) is 24.1. The number of fused-ring (bicyclic) bond motifs is 1. The number of hydrogen-bond acceptors (Lipinski definition) is 4. The van der Waals surface area contributed by atoms with E-state index in [-0.39, 0.29) is 12.2 Å². The van der Waals surface area contributed by atoms with Crippen molar-refractivity contribution in [3.05, 3.63) is 113 Å². The molecule has 0 spiro atoms. The summed E-state index contributed by atoms with van der Waals surface area (Å²) in [6, 6.07) is 27.3. The molecule has 6 heteroatoms. The van der Waals surface area contributed by atoms with Crippen LogP contribution in [0, 0.1) is 13.8 Å². The molecule has 4 aromatic carbocycles. The van der Waals surface area contributed by atoms with Crippen LogP contribution in [0.4, 0.5) is 0 Å². The second-order valence-electron chi connectivity index (χ2n) is 9.00. The van der Waals surface area contributed by atoms with Crippen molar-refractivity contribution in [1.29, 1.82) is 0 Å². The zero-order valence-electron chi connectivity index (χ0n) is 21.1. The van der Waals surface area contributed by atoms with Gasteiger partial charge in [0.05, 0.1) is 30.3 Å². The number of rotatable bonds is 8. The summed E-state index contributed by atoms with van der Waals surface area (Å²) < 4.78 is 14.0. The van der Waals surface area contributed by atoms with Gasteiger partial charge in [0.1, 0.15) is 23.9 Å². The number of benzene rings is 4. The molecule has 0 unspecified atom stereocenters. The molecule has 5 aromatic rings. The summed E-state index contributed by atoms with van der Waals surface area (Å²) in [4.78, 5) is 16.4. The van der Waals surface area contributed by atoms with Crippen LogP contribution in [0.3, 0.4) is 0 Å². The van der Waals surface area contributed by atoms with Crippen LogP contribution in [-0.2, 0) is 13.2 Å².